The van der Waals surface area contributed by atoms with Gasteiger partial charge in [0.1, 0.15) is 11.5 Å². The summed E-state index contributed by atoms with van der Waals surface area (Å²) in [4.78, 5) is 21.0. The third-order valence-electron chi connectivity index (χ3n) is 6.84. The van der Waals surface area contributed by atoms with Crippen LogP contribution in [0.2, 0.25) is 0 Å². The van der Waals surface area contributed by atoms with Crippen LogP contribution in [0.1, 0.15) is 62.4 Å². The van der Waals surface area contributed by atoms with Gasteiger partial charge in [0.05, 0.1) is 17.6 Å². The maximum Gasteiger partial charge on any atom is 0.251 e. The van der Waals surface area contributed by atoms with Crippen LogP contribution < -0.4 is 16.6 Å². The molecular formula is C28H32F2N6O2. The predicted octanol–water partition coefficient (Wildman–Crippen LogP) is 5.10. The molecule has 1 aromatic carbocycles. The van der Waals surface area contributed by atoms with Crippen LogP contribution in [-0.2, 0) is 6.54 Å². The molecule has 5 N–H and O–H groups in total. The van der Waals surface area contributed by atoms with Gasteiger partial charge in [-0.1, -0.05) is 38.1 Å². The van der Waals surface area contributed by atoms with Crippen molar-refractivity contribution in [2.45, 2.75) is 64.1 Å². The molecule has 0 saturated heterocycles. The normalized spacial score (nSPS) is 15.4. The van der Waals surface area contributed by atoms with Crippen LogP contribution in [0, 0.1) is 5.41 Å². The Balaban J connectivity index is 1.49. The van der Waals surface area contributed by atoms with Crippen molar-refractivity contribution in [3.05, 3.63) is 82.0 Å². The van der Waals surface area contributed by atoms with E-state index >= 15 is 0 Å². The lowest BCUT2D eigenvalue weighted by molar-refractivity contribution is -0.0930. The van der Waals surface area contributed by atoms with Crippen molar-refractivity contribution >= 4 is 17.3 Å². The van der Waals surface area contributed by atoms with Crippen molar-refractivity contribution in [2.75, 3.05) is 5.73 Å². The first-order valence-electron chi connectivity index (χ1n) is 12.7. The van der Waals surface area contributed by atoms with Crippen molar-refractivity contribution in [1.29, 1.82) is 5.41 Å². The maximum absolute atomic E-state index is 13.0. The van der Waals surface area contributed by atoms with Gasteiger partial charge in [0.2, 0.25) is 0 Å². The number of hydrogen-bond donors (Lipinski definition) is 4. The number of aliphatic hydroxyl groups is 1. The SMILES string of the molecule is CCC(CC)n1cc(-c2cnc(N)c(/C(O)=C/C(=N)c3ccc(CNC4CC(F)(F)C4)cc3)n2)ccc1=O. The molecule has 38 heavy (non-hydrogen) atoms. The lowest BCUT2D eigenvalue weighted by Crippen LogP contribution is -2.48. The Morgan fingerprint density at radius 3 is 2.55 bits per heavy atom. The molecule has 0 unspecified atom stereocenters. The molecule has 0 spiro atoms. The van der Waals surface area contributed by atoms with Crippen molar-refractivity contribution in [1.82, 2.24) is 19.9 Å². The third-order valence-corrected chi connectivity index (χ3v) is 6.84. The van der Waals surface area contributed by atoms with E-state index in [-0.39, 0.29) is 53.5 Å². The lowest BCUT2D eigenvalue weighted by Gasteiger charge is -2.35. The van der Waals surface area contributed by atoms with E-state index in [0.717, 1.165) is 18.4 Å². The molecule has 1 saturated carbocycles. The molecule has 200 valence electrons. The number of hydrogen-bond acceptors (Lipinski definition) is 7. The second kappa shape index (κ2) is 11.2. The summed E-state index contributed by atoms with van der Waals surface area (Å²) in [5.41, 5.74) is 8.50. The van der Waals surface area contributed by atoms with Crippen LogP contribution in [-0.4, -0.2) is 37.3 Å². The highest BCUT2D eigenvalue weighted by atomic mass is 19.3. The van der Waals surface area contributed by atoms with Crippen molar-refractivity contribution in [2.24, 2.45) is 0 Å². The van der Waals surface area contributed by atoms with Crippen LogP contribution in [0.4, 0.5) is 14.6 Å². The quantitative estimate of drug-likeness (QED) is 0.216. The van der Waals surface area contributed by atoms with E-state index in [0.29, 0.717) is 23.4 Å². The molecule has 1 aliphatic carbocycles. The summed E-state index contributed by atoms with van der Waals surface area (Å²) >= 11 is 0. The minimum absolute atomic E-state index is 0.00612. The van der Waals surface area contributed by atoms with Gasteiger partial charge in [-0.25, -0.2) is 18.7 Å². The van der Waals surface area contributed by atoms with Gasteiger partial charge < -0.3 is 26.1 Å². The molecule has 2 aromatic heterocycles. The fourth-order valence-electron chi connectivity index (χ4n) is 4.51. The molecule has 0 aliphatic heterocycles. The Morgan fingerprint density at radius 1 is 1.24 bits per heavy atom. The third kappa shape index (κ3) is 6.13. The van der Waals surface area contributed by atoms with Crippen LogP contribution in [0.5, 0.6) is 0 Å². The van der Waals surface area contributed by atoms with Gasteiger partial charge in [-0.2, -0.15) is 0 Å². The number of nitrogens with one attached hydrogen (secondary N) is 2. The van der Waals surface area contributed by atoms with E-state index < -0.39 is 5.92 Å². The predicted molar refractivity (Wildman–Crippen MR) is 144 cm³/mol. The van der Waals surface area contributed by atoms with E-state index in [1.54, 1.807) is 29.0 Å². The standard InChI is InChI=1S/C28H32F2N6O2/c1-3-21(4-2)36-16-19(9-10-25(36)38)23-15-34-27(32)26(35-23)24(37)11-22(31)18-7-5-17(6-8-18)14-33-20-12-28(29,30)13-20/h5-11,15-16,20-21,31,33,37H,3-4,12-14H2,1-2H3,(H2,32,34)/b24-11-,31-22?. The van der Waals surface area contributed by atoms with Gasteiger partial charge in [0.15, 0.2) is 5.82 Å². The molecular weight excluding hydrogens is 490 g/mol. The van der Waals surface area contributed by atoms with Gasteiger partial charge in [-0.15, -0.1) is 0 Å². The number of nitrogens with zero attached hydrogens (tertiary/aromatic N) is 3. The van der Waals surface area contributed by atoms with Crippen LogP contribution in [0.3, 0.4) is 0 Å². The molecule has 0 radical (unpaired) electrons. The first kappa shape index (κ1) is 27.1. The number of anilines is 1. The topological polar surface area (TPSA) is 130 Å². The van der Waals surface area contributed by atoms with E-state index in [9.17, 15) is 18.7 Å². The summed E-state index contributed by atoms with van der Waals surface area (Å²) in [6, 6.07) is 10.1. The molecule has 10 heteroatoms. The maximum atomic E-state index is 13.0. The molecule has 4 rings (SSSR count). The average Bonchev–Trinajstić information content (AvgIpc) is 2.88. The molecule has 0 bridgehead atoms. The Hall–Kier alpha value is -3.92. The highest BCUT2D eigenvalue weighted by molar-refractivity contribution is 6.09. The highest BCUT2D eigenvalue weighted by Gasteiger charge is 2.44. The van der Waals surface area contributed by atoms with Gasteiger partial charge >= 0.3 is 0 Å². The zero-order valence-electron chi connectivity index (χ0n) is 21.4. The van der Waals surface area contributed by atoms with Crippen LogP contribution in [0.15, 0.2) is 59.7 Å². The van der Waals surface area contributed by atoms with Crippen molar-refractivity contribution in [3.63, 3.8) is 0 Å². The second-order valence-corrected chi connectivity index (χ2v) is 9.60. The average molecular weight is 523 g/mol. The number of alkyl halides is 2. The number of aromatic nitrogens is 3. The van der Waals surface area contributed by atoms with Crippen LogP contribution >= 0.6 is 0 Å². The molecule has 0 amide bonds. The Labute approximate surface area is 219 Å². The summed E-state index contributed by atoms with van der Waals surface area (Å²) in [7, 11) is 0. The van der Waals surface area contributed by atoms with Gasteiger partial charge in [0.25, 0.3) is 11.5 Å². The number of benzene rings is 1. The summed E-state index contributed by atoms with van der Waals surface area (Å²) in [5.74, 6) is -2.87. The van der Waals surface area contributed by atoms with Crippen molar-refractivity contribution < 1.29 is 13.9 Å². The Kier molecular flexibility index (Phi) is 8.01. The minimum atomic E-state index is -2.56. The monoisotopic (exact) mass is 522 g/mol. The molecule has 2 heterocycles. The van der Waals surface area contributed by atoms with E-state index in [4.69, 9.17) is 11.1 Å². The summed E-state index contributed by atoms with van der Waals surface area (Å²) in [5, 5.41) is 22.3. The number of allylic oxidation sites excluding steroid dienone is 1. The minimum Gasteiger partial charge on any atom is -0.505 e. The second-order valence-electron chi connectivity index (χ2n) is 9.60. The number of aliphatic hydroxyl groups excluding tert-OH is 1. The smallest absolute Gasteiger partial charge is 0.251 e. The fraction of sp³-hybridized carbons (Fsp3) is 0.357. The van der Waals surface area contributed by atoms with E-state index in [1.807, 2.05) is 26.0 Å². The zero-order chi connectivity index (χ0) is 27.4. The number of nitrogens with two attached hydrogens (primary N) is 1. The number of halogens is 2. The van der Waals surface area contributed by atoms with E-state index in [1.165, 1.54) is 18.3 Å². The van der Waals surface area contributed by atoms with Gasteiger partial charge in [0, 0.05) is 55.4 Å². The first-order valence-corrected chi connectivity index (χ1v) is 12.7. The summed E-state index contributed by atoms with van der Waals surface area (Å²) < 4.78 is 27.6. The molecule has 1 fully saturated rings. The largest absolute Gasteiger partial charge is 0.505 e. The highest BCUT2D eigenvalue weighted by Crippen LogP contribution is 2.37. The molecule has 1 aliphatic rings. The van der Waals surface area contributed by atoms with E-state index in [2.05, 4.69) is 15.3 Å². The number of nitrogen functional groups attached to an aromatic ring is 1. The van der Waals surface area contributed by atoms with Gasteiger partial charge in [-0.3, -0.25) is 4.79 Å². The zero-order valence-corrected chi connectivity index (χ0v) is 21.4. The Morgan fingerprint density at radius 2 is 1.92 bits per heavy atom. The summed E-state index contributed by atoms with van der Waals surface area (Å²) in [6.07, 6.45) is 5.79. The lowest BCUT2D eigenvalue weighted by atomic mass is 9.88. The first-order chi connectivity index (χ1) is 18.1. The number of rotatable bonds is 10. The number of pyridine rings is 1. The molecule has 0 atom stereocenters. The van der Waals surface area contributed by atoms with Crippen LogP contribution in [0.25, 0.3) is 17.0 Å². The Bertz CT molecular complexity index is 1390. The fourth-order valence-corrected chi connectivity index (χ4v) is 4.51. The molecule has 3 aromatic rings. The van der Waals surface area contributed by atoms with Crippen molar-refractivity contribution in [3.8, 4) is 11.3 Å². The summed E-state index contributed by atoms with van der Waals surface area (Å²) in [6.45, 7) is 4.50. The molecule has 8 nitrogen and oxygen atoms in total. The van der Waals surface area contributed by atoms with Gasteiger partial charge in [-0.05, 0) is 30.0 Å².